The highest BCUT2D eigenvalue weighted by Crippen LogP contribution is 2.29. The van der Waals surface area contributed by atoms with Gasteiger partial charge in [-0.15, -0.1) is 10.2 Å². The summed E-state index contributed by atoms with van der Waals surface area (Å²) in [6.45, 7) is 3.63. The first-order valence-corrected chi connectivity index (χ1v) is 13.3. The average molecular weight is 525 g/mol. The van der Waals surface area contributed by atoms with Crippen LogP contribution in [-0.4, -0.2) is 60.9 Å². The molecule has 2 aliphatic rings. The monoisotopic (exact) mass is 524 g/mol. The third-order valence-electron chi connectivity index (χ3n) is 7.38. The number of benzene rings is 1. The molecule has 10 heteroatoms. The molecular formula is C27H33ClN6O3. The summed E-state index contributed by atoms with van der Waals surface area (Å²) in [6.07, 6.45) is 5.05. The quantitative estimate of drug-likeness (QED) is 0.542. The highest BCUT2D eigenvalue weighted by atomic mass is 35.5. The molecule has 196 valence electrons. The maximum atomic E-state index is 12.8. The van der Waals surface area contributed by atoms with Gasteiger partial charge in [0.1, 0.15) is 6.07 Å². The number of nitriles is 1. The lowest BCUT2D eigenvalue weighted by molar-refractivity contribution is -0.148. The predicted molar refractivity (Wildman–Crippen MR) is 142 cm³/mol. The molecule has 1 amide bonds. The van der Waals surface area contributed by atoms with Crippen LogP contribution in [0.3, 0.4) is 0 Å². The van der Waals surface area contributed by atoms with Crippen LogP contribution in [0, 0.1) is 17.2 Å². The van der Waals surface area contributed by atoms with E-state index < -0.39 is 0 Å². The maximum absolute atomic E-state index is 12.8. The van der Waals surface area contributed by atoms with Gasteiger partial charge in [0.25, 0.3) is 5.91 Å². The Morgan fingerprint density at radius 1 is 1.14 bits per heavy atom. The van der Waals surface area contributed by atoms with E-state index in [2.05, 4.69) is 31.4 Å². The fourth-order valence-corrected chi connectivity index (χ4v) is 5.33. The van der Waals surface area contributed by atoms with Crippen LogP contribution in [0.2, 0.25) is 5.02 Å². The number of nitrogens with zero attached hydrogens (tertiary/aromatic N) is 5. The van der Waals surface area contributed by atoms with Crippen molar-refractivity contribution in [3.8, 4) is 6.07 Å². The van der Waals surface area contributed by atoms with Gasteiger partial charge in [0.15, 0.2) is 11.5 Å². The van der Waals surface area contributed by atoms with Gasteiger partial charge in [-0.05, 0) is 75.8 Å². The molecule has 0 radical (unpaired) electrons. The molecule has 1 saturated carbocycles. The number of nitrogens with one attached hydrogen (secondary N) is 1. The first-order valence-electron chi connectivity index (χ1n) is 12.9. The van der Waals surface area contributed by atoms with Crippen LogP contribution in [0.1, 0.15) is 61.5 Å². The van der Waals surface area contributed by atoms with Gasteiger partial charge >= 0.3 is 5.97 Å². The van der Waals surface area contributed by atoms with Crippen LogP contribution in [-0.2, 0) is 9.53 Å². The second-order valence-corrected chi connectivity index (χ2v) is 10.1. The molecule has 37 heavy (non-hydrogen) atoms. The highest BCUT2D eigenvalue weighted by molar-refractivity contribution is 6.32. The molecule has 1 aliphatic carbocycles. The number of aromatic nitrogens is 2. The van der Waals surface area contributed by atoms with E-state index in [0.29, 0.717) is 47.8 Å². The minimum absolute atomic E-state index is 0.0639. The van der Waals surface area contributed by atoms with Crippen molar-refractivity contribution in [1.29, 1.82) is 5.26 Å². The second kappa shape index (κ2) is 12.2. The SMILES string of the molecule is CCOC(=O)C1CCN(c2ccc(C(=O)NC3CCC(N(C)c4ccc(C#N)c(Cl)c4)CC3)nn2)CC1. The summed E-state index contributed by atoms with van der Waals surface area (Å²) in [5.74, 6) is 0.312. The topological polar surface area (TPSA) is 111 Å². The van der Waals surface area contributed by atoms with E-state index in [1.165, 1.54) is 0 Å². The van der Waals surface area contributed by atoms with Crippen molar-refractivity contribution in [3.05, 3.63) is 46.6 Å². The number of hydrogen-bond donors (Lipinski definition) is 1. The van der Waals surface area contributed by atoms with Crippen molar-refractivity contribution in [2.75, 3.05) is 36.5 Å². The van der Waals surface area contributed by atoms with Crippen LogP contribution >= 0.6 is 11.6 Å². The standard InChI is InChI=1S/C27H33ClN6O3/c1-3-37-27(36)18-12-14-34(15-13-18)25-11-10-24(31-32-25)26(35)30-20-5-8-21(9-6-20)33(2)22-7-4-19(17-29)23(28)16-22/h4,7,10-11,16,18,20-21H,3,5-6,8-9,12-15H2,1-2H3,(H,30,35). The van der Waals surface area contributed by atoms with Gasteiger partial charge in [-0.1, -0.05) is 11.6 Å². The Morgan fingerprint density at radius 3 is 2.46 bits per heavy atom. The number of halogens is 1. The number of carbonyl (C=O) groups excluding carboxylic acids is 2. The molecule has 4 rings (SSSR count). The summed E-state index contributed by atoms with van der Waals surface area (Å²) in [7, 11) is 2.04. The Hall–Kier alpha value is -3.38. The number of ether oxygens (including phenoxy) is 1. The summed E-state index contributed by atoms with van der Waals surface area (Å²) in [5, 5.41) is 21.1. The Morgan fingerprint density at radius 2 is 1.86 bits per heavy atom. The Balaban J connectivity index is 1.24. The van der Waals surface area contributed by atoms with Gasteiger partial charge in [-0.25, -0.2) is 0 Å². The molecule has 1 saturated heterocycles. The van der Waals surface area contributed by atoms with Crippen molar-refractivity contribution in [1.82, 2.24) is 15.5 Å². The average Bonchev–Trinajstić information content (AvgIpc) is 2.93. The molecule has 0 bridgehead atoms. The maximum Gasteiger partial charge on any atom is 0.309 e. The van der Waals surface area contributed by atoms with Gasteiger partial charge < -0.3 is 19.9 Å². The molecule has 2 fully saturated rings. The Bertz CT molecular complexity index is 1140. The molecule has 9 nitrogen and oxygen atoms in total. The van der Waals surface area contributed by atoms with Crippen molar-refractivity contribution < 1.29 is 14.3 Å². The number of piperidine rings is 1. The van der Waals surface area contributed by atoms with Crippen LogP contribution < -0.4 is 15.1 Å². The molecule has 2 aromatic rings. The minimum atomic E-state index is -0.212. The lowest BCUT2D eigenvalue weighted by Crippen LogP contribution is -2.43. The number of amides is 1. The van der Waals surface area contributed by atoms with Crippen LogP contribution in [0.25, 0.3) is 0 Å². The zero-order valence-electron chi connectivity index (χ0n) is 21.3. The Kier molecular flexibility index (Phi) is 8.82. The first-order chi connectivity index (χ1) is 17.9. The van der Waals surface area contributed by atoms with E-state index in [0.717, 1.165) is 44.2 Å². The van der Waals surface area contributed by atoms with E-state index in [1.807, 2.05) is 32.2 Å². The van der Waals surface area contributed by atoms with Gasteiger partial charge in [0, 0.05) is 37.9 Å². The van der Waals surface area contributed by atoms with Gasteiger partial charge in [-0.2, -0.15) is 5.26 Å². The summed E-state index contributed by atoms with van der Waals surface area (Å²) in [5.41, 5.74) is 1.76. The smallest absolute Gasteiger partial charge is 0.309 e. The molecule has 2 heterocycles. The van der Waals surface area contributed by atoms with Crippen molar-refractivity contribution in [3.63, 3.8) is 0 Å². The van der Waals surface area contributed by atoms with Gasteiger partial charge in [-0.3, -0.25) is 9.59 Å². The molecular weight excluding hydrogens is 492 g/mol. The van der Waals surface area contributed by atoms with Gasteiger partial charge in [0.2, 0.25) is 0 Å². The van der Waals surface area contributed by atoms with Crippen LogP contribution in [0.15, 0.2) is 30.3 Å². The number of hydrogen-bond acceptors (Lipinski definition) is 8. The fraction of sp³-hybridized carbons (Fsp3) is 0.519. The third kappa shape index (κ3) is 6.50. The second-order valence-electron chi connectivity index (χ2n) is 9.66. The van der Waals surface area contributed by atoms with Crippen molar-refractivity contribution >= 4 is 35.0 Å². The Labute approximate surface area is 222 Å². The zero-order valence-corrected chi connectivity index (χ0v) is 22.1. The number of esters is 1. The minimum Gasteiger partial charge on any atom is -0.466 e. The lowest BCUT2D eigenvalue weighted by Gasteiger charge is -2.36. The molecule has 1 aromatic heterocycles. The van der Waals surface area contributed by atoms with Crippen LogP contribution in [0.4, 0.5) is 11.5 Å². The van der Waals surface area contributed by atoms with Crippen LogP contribution in [0.5, 0.6) is 0 Å². The fourth-order valence-electron chi connectivity index (χ4n) is 5.11. The summed E-state index contributed by atoms with van der Waals surface area (Å²) >= 11 is 6.21. The van der Waals surface area contributed by atoms with E-state index in [9.17, 15) is 9.59 Å². The van der Waals surface area contributed by atoms with E-state index >= 15 is 0 Å². The normalized spacial score (nSPS) is 20.1. The summed E-state index contributed by atoms with van der Waals surface area (Å²) in [6, 6.07) is 11.5. The first kappa shape index (κ1) is 26.7. The van der Waals surface area contributed by atoms with E-state index in [4.69, 9.17) is 21.6 Å². The number of anilines is 2. The molecule has 0 spiro atoms. The highest BCUT2D eigenvalue weighted by Gasteiger charge is 2.28. The number of rotatable bonds is 7. The zero-order chi connectivity index (χ0) is 26.4. The van der Waals surface area contributed by atoms with E-state index in [1.54, 1.807) is 12.1 Å². The largest absolute Gasteiger partial charge is 0.466 e. The molecule has 1 N–H and O–H groups in total. The lowest BCUT2D eigenvalue weighted by atomic mass is 9.90. The summed E-state index contributed by atoms with van der Waals surface area (Å²) in [4.78, 5) is 29.0. The molecule has 1 aromatic carbocycles. The molecule has 0 atom stereocenters. The van der Waals surface area contributed by atoms with Crippen molar-refractivity contribution in [2.24, 2.45) is 5.92 Å². The van der Waals surface area contributed by atoms with Gasteiger partial charge in [0.05, 0.1) is 23.1 Å². The molecule has 1 aliphatic heterocycles. The van der Waals surface area contributed by atoms with Crippen molar-refractivity contribution in [2.45, 2.75) is 57.5 Å². The summed E-state index contributed by atoms with van der Waals surface area (Å²) < 4.78 is 5.13. The molecule has 0 unspecified atom stereocenters. The van der Waals surface area contributed by atoms with E-state index in [-0.39, 0.29) is 23.8 Å². The third-order valence-corrected chi connectivity index (χ3v) is 7.69. The number of carbonyl (C=O) groups is 2. The predicted octanol–water partition coefficient (Wildman–Crippen LogP) is 3.96.